The maximum absolute atomic E-state index is 5.58. The Morgan fingerprint density at radius 3 is 2.56 bits per heavy atom. The van der Waals surface area contributed by atoms with Crippen molar-refractivity contribution in [1.82, 2.24) is 10.2 Å². The molecule has 0 bridgehead atoms. The fraction of sp³-hybridized carbons (Fsp3) is 0.538. The SMILES string of the molecule is CN(C)CCNCCCOc1ccccc1. The van der Waals surface area contributed by atoms with Crippen LogP contribution in [0.1, 0.15) is 6.42 Å². The predicted octanol–water partition coefficient (Wildman–Crippen LogP) is 1.61. The van der Waals surface area contributed by atoms with Crippen LogP contribution in [-0.4, -0.2) is 45.2 Å². The summed E-state index contributed by atoms with van der Waals surface area (Å²) < 4.78 is 5.58. The fourth-order valence-electron chi connectivity index (χ4n) is 1.33. The van der Waals surface area contributed by atoms with Crippen LogP contribution >= 0.6 is 0 Å². The molecule has 0 radical (unpaired) electrons. The Hall–Kier alpha value is -1.06. The zero-order valence-corrected chi connectivity index (χ0v) is 10.3. The van der Waals surface area contributed by atoms with E-state index >= 15 is 0 Å². The molecule has 3 heteroatoms. The van der Waals surface area contributed by atoms with Crippen molar-refractivity contribution in [1.29, 1.82) is 0 Å². The van der Waals surface area contributed by atoms with Crippen LogP contribution in [0.25, 0.3) is 0 Å². The van der Waals surface area contributed by atoms with E-state index in [4.69, 9.17) is 4.74 Å². The van der Waals surface area contributed by atoms with Gasteiger partial charge in [0.1, 0.15) is 5.75 Å². The molecule has 1 aromatic carbocycles. The topological polar surface area (TPSA) is 24.5 Å². The van der Waals surface area contributed by atoms with Gasteiger partial charge in [0.25, 0.3) is 0 Å². The van der Waals surface area contributed by atoms with Crippen molar-refractivity contribution in [3.05, 3.63) is 30.3 Å². The highest BCUT2D eigenvalue weighted by Crippen LogP contribution is 2.07. The third-order valence-electron chi connectivity index (χ3n) is 2.25. The van der Waals surface area contributed by atoms with Gasteiger partial charge in [-0.2, -0.15) is 0 Å². The van der Waals surface area contributed by atoms with Crippen molar-refractivity contribution in [2.45, 2.75) is 6.42 Å². The van der Waals surface area contributed by atoms with Crippen molar-refractivity contribution < 1.29 is 4.74 Å². The number of hydrogen-bond donors (Lipinski definition) is 1. The minimum Gasteiger partial charge on any atom is -0.494 e. The highest BCUT2D eigenvalue weighted by molar-refractivity contribution is 5.20. The lowest BCUT2D eigenvalue weighted by Gasteiger charge is -2.10. The first-order valence-electron chi connectivity index (χ1n) is 5.82. The van der Waals surface area contributed by atoms with Crippen molar-refractivity contribution in [3.63, 3.8) is 0 Å². The van der Waals surface area contributed by atoms with E-state index in [1.807, 2.05) is 30.3 Å². The van der Waals surface area contributed by atoms with E-state index in [-0.39, 0.29) is 0 Å². The van der Waals surface area contributed by atoms with Gasteiger partial charge in [0, 0.05) is 13.1 Å². The summed E-state index contributed by atoms with van der Waals surface area (Å²) >= 11 is 0. The lowest BCUT2D eigenvalue weighted by atomic mass is 10.3. The normalized spacial score (nSPS) is 10.7. The summed E-state index contributed by atoms with van der Waals surface area (Å²) in [5.74, 6) is 0.954. The third kappa shape index (κ3) is 6.43. The highest BCUT2D eigenvalue weighted by atomic mass is 16.5. The molecule has 90 valence electrons. The largest absolute Gasteiger partial charge is 0.494 e. The molecule has 0 amide bonds. The Balaban J connectivity index is 1.93. The van der Waals surface area contributed by atoms with Crippen LogP contribution in [0.4, 0.5) is 0 Å². The molecule has 1 aromatic rings. The van der Waals surface area contributed by atoms with Crippen LogP contribution in [-0.2, 0) is 0 Å². The van der Waals surface area contributed by atoms with E-state index in [2.05, 4.69) is 24.3 Å². The summed E-state index contributed by atoms with van der Waals surface area (Å²) in [5, 5.41) is 3.38. The molecule has 0 aliphatic carbocycles. The molecule has 0 saturated heterocycles. The predicted molar refractivity (Wildman–Crippen MR) is 68.0 cm³/mol. The lowest BCUT2D eigenvalue weighted by molar-refractivity contribution is 0.306. The monoisotopic (exact) mass is 222 g/mol. The first-order chi connectivity index (χ1) is 7.79. The first kappa shape index (κ1) is 13.0. The van der Waals surface area contributed by atoms with Gasteiger partial charge in [-0.1, -0.05) is 18.2 Å². The number of nitrogens with zero attached hydrogens (tertiary/aromatic N) is 1. The van der Waals surface area contributed by atoms with Crippen molar-refractivity contribution in [2.75, 3.05) is 40.3 Å². The molecule has 3 nitrogen and oxygen atoms in total. The first-order valence-corrected chi connectivity index (χ1v) is 5.82. The van der Waals surface area contributed by atoms with E-state index in [0.717, 1.165) is 38.4 Å². The van der Waals surface area contributed by atoms with Gasteiger partial charge in [0.15, 0.2) is 0 Å². The third-order valence-corrected chi connectivity index (χ3v) is 2.25. The van der Waals surface area contributed by atoms with E-state index in [9.17, 15) is 0 Å². The number of benzene rings is 1. The molecule has 0 aliphatic rings. The molecule has 0 atom stereocenters. The number of ether oxygens (including phenoxy) is 1. The second-order valence-electron chi connectivity index (χ2n) is 4.07. The van der Waals surface area contributed by atoms with Crippen LogP contribution in [0.3, 0.4) is 0 Å². The number of nitrogens with one attached hydrogen (secondary N) is 1. The van der Waals surface area contributed by atoms with Crippen LogP contribution in [0.15, 0.2) is 30.3 Å². The minimum atomic E-state index is 0.777. The molecular formula is C13H22N2O. The van der Waals surface area contributed by atoms with E-state index < -0.39 is 0 Å². The molecule has 0 aliphatic heterocycles. The Labute approximate surface area is 98.4 Å². The van der Waals surface area contributed by atoms with Gasteiger partial charge in [-0.15, -0.1) is 0 Å². The Morgan fingerprint density at radius 1 is 1.12 bits per heavy atom. The molecule has 1 N–H and O–H groups in total. The zero-order chi connectivity index (χ0) is 11.6. The van der Waals surface area contributed by atoms with E-state index in [0.29, 0.717) is 0 Å². The van der Waals surface area contributed by atoms with Gasteiger partial charge in [-0.3, -0.25) is 0 Å². The zero-order valence-electron chi connectivity index (χ0n) is 10.3. The molecule has 16 heavy (non-hydrogen) atoms. The lowest BCUT2D eigenvalue weighted by Crippen LogP contribution is -2.27. The maximum Gasteiger partial charge on any atom is 0.119 e. The second kappa shape index (κ2) is 8.13. The highest BCUT2D eigenvalue weighted by Gasteiger charge is 1.92. The summed E-state index contributed by atoms with van der Waals surface area (Å²) in [4.78, 5) is 2.17. The summed E-state index contributed by atoms with van der Waals surface area (Å²) in [7, 11) is 4.17. The minimum absolute atomic E-state index is 0.777. The Morgan fingerprint density at radius 2 is 1.88 bits per heavy atom. The molecular weight excluding hydrogens is 200 g/mol. The van der Waals surface area contributed by atoms with Crippen LogP contribution in [0, 0.1) is 0 Å². The van der Waals surface area contributed by atoms with Crippen LogP contribution in [0.5, 0.6) is 5.75 Å². The average molecular weight is 222 g/mol. The molecule has 1 rings (SSSR count). The van der Waals surface area contributed by atoms with E-state index in [1.165, 1.54) is 0 Å². The smallest absolute Gasteiger partial charge is 0.119 e. The van der Waals surface area contributed by atoms with Gasteiger partial charge in [0.2, 0.25) is 0 Å². The van der Waals surface area contributed by atoms with Gasteiger partial charge < -0.3 is 15.0 Å². The summed E-state index contributed by atoms with van der Waals surface area (Å²) in [6.45, 7) is 3.91. The number of hydrogen-bond acceptors (Lipinski definition) is 3. The van der Waals surface area contributed by atoms with Gasteiger partial charge in [-0.05, 0) is 39.2 Å². The molecule has 0 fully saturated rings. The Kier molecular flexibility index (Phi) is 6.61. The summed E-state index contributed by atoms with van der Waals surface area (Å²) in [6.07, 6.45) is 1.04. The van der Waals surface area contributed by atoms with Crippen molar-refractivity contribution in [3.8, 4) is 5.75 Å². The maximum atomic E-state index is 5.58. The van der Waals surface area contributed by atoms with Crippen molar-refractivity contribution in [2.24, 2.45) is 0 Å². The van der Waals surface area contributed by atoms with Crippen LogP contribution < -0.4 is 10.1 Å². The molecule has 0 saturated carbocycles. The second-order valence-corrected chi connectivity index (χ2v) is 4.07. The number of para-hydroxylation sites is 1. The number of likely N-dealkylation sites (N-methyl/N-ethyl adjacent to an activating group) is 1. The Bertz CT molecular complexity index is 262. The molecule has 0 unspecified atom stereocenters. The summed E-state index contributed by atoms with van der Waals surface area (Å²) in [5.41, 5.74) is 0. The molecule has 0 spiro atoms. The molecule has 0 aromatic heterocycles. The fourth-order valence-corrected chi connectivity index (χ4v) is 1.33. The number of rotatable bonds is 8. The van der Waals surface area contributed by atoms with Crippen LogP contribution in [0.2, 0.25) is 0 Å². The average Bonchev–Trinajstić information content (AvgIpc) is 2.29. The van der Waals surface area contributed by atoms with Gasteiger partial charge >= 0.3 is 0 Å². The summed E-state index contributed by atoms with van der Waals surface area (Å²) in [6, 6.07) is 9.95. The standard InChI is InChI=1S/C13H22N2O/c1-15(2)11-10-14-9-6-12-16-13-7-4-3-5-8-13/h3-5,7-8,14H,6,9-12H2,1-2H3. The van der Waals surface area contributed by atoms with Crippen molar-refractivity contribution >= 4 is 0 Å². The van der Waals surface area contributed by atoms with E-state index in [1.54, 1.807) is 0 Å². The molecule has 0 heterocycles. The van der Waals surface area contributed by atoms with Gasteiger partial charge in [0.05, 0.1) is 6.61 Å². The van der Waals surface area contributed by atoms with Gasteiger partial charge in [-0.25, -0.2) is 0 Å². The quantitative estimate of drug-likeness (QED) is 0.676.